The van der Waals surface area contributed by atoms with Crippen LogP contribution in [-0.4, -0.2) is 38.5 Å². The van der Waals surface area contributed by atoms with E-state index in [4.69, 9.17) is 11.6 Å². The van der Waals surface area contributed by atoms with Crippen molar-refractivity contribution >= 4 is 39.2 Å². The Kier molecular flexibility index (Phi) is 6.18. The number of anilines is 1. The molecule has 8 nitrogen and oxygen atoms in total. The van der Waals surface area contributed by atoms with Crippen LogP contribution in [0, 0.1) is 0 Å². The lowest BCUT2D eigenvalue weighted by Gasteiger charge is -2.27. The maximum atomic E-state index is 12.5. The first-order valence-electron chi connectivity index (χ1n) is 8.47. The largest absolute Gasteiger partial charge is 0.343 e. The van der Waals surface area contributed by atoms with E-state index in [2.05, 4.69) is 20.3 Å². The molecule has 3 N–H and O–H groups in total. The Morgan fingerprint density at radius 3 is 2.43 bits per heavy atom. The number of hydrogen-bond acceptors (Lipinski definition) is 6. The van der Waals surface area contributed by atoms with Crippen molar-refractivity contribution in [2.24, 2.45) is 4.99 Å². The first-order valence-corrected chi connectivity index (χ1v) is 10.3. The number of rotatable bonds is 5. The van der Waals surface area contributed by atoms with Gasteiger partial charge in [0.2, 0.25) is 11.9 Å². The Morgan fingerprint density at radius 2 is 1.86 bits per heavy atom. The number of benzene rings is 2. The second-order valence-electron chi connectivity index (χ2n) is 6.25. The number of halogens is 1. The maximum Gasteiger partial charge on any atom is 0.264 e. The highest BCUT2D eigenvalue weighted by Gasteiger charge is 2.19. The Labute approximate surface area is 168 Å². The van der Waals surface area contributed by atoms with Gasteiger partial charge in [0.05, 0.1) is 18.2 Å². The molecule has 1 heterocycles. The van der Waals surface area contributed by atoms with E-state index in [-0.39, 0.29) is 16.8 Å². The van der Waals surface area contributed by atoms with Crippen molar-refractivity contribution in [3.63, 3.8) is 0 Å². The smallest absolute Gasteiger partial charge is 0.264 e. The van der Waals surface area contributed by atoms with Gasteiger partial charge in [0.1, 0.15) is 0 Å². The van der Waals surface area contributed by atoms with Gasteiger partial charge >= 0.3 is 0 Å². The lowest BCUT2D eigenvalue weighted by molar-refractivity contribution is -0.114. The van der Waals surface area contributed by atoms with Crippen molar-refractivity contribution < 1.29 is 13.2 Å². The summed E-state index contributed by atoms with van der Waals surface area (Å²) in [6.07, 6.45) is 0. The van der Waals surface area contributed by atoms with E-state index in [0.717, 1.165) is 5.56 Å². The van der Waals surface area contributed by atoms with E-state index in [1.54, 1.807) is 0 Å². The second-order valence-corrected chi connectivity index (χ2v) is 8.37. The molecule has 0 atom stereocenters. The summed E-state index contributed by atoms with van der Waals surface area (Å²) >= 11 is 5.88. The predicted molar refractivity (Wildman–Crippen MR) is 108 cm³/mol. The fourth-order valence-corrected chi connectivity index (χ4v) is 3.72. The monoisotopic (exact) mass is 421 g/mol. The van der Waals surface area contributed by atoms with Crippen molar-refractivity contribution in [3.05, 3.63) is 59.1 Å². The molecule has 1 aliphatic heterocycles. The molecule has 0 saturated carbocycles. The number of sulfonamides is 1. The van der Waals surface area contributed by atoms with Gasteiger partial charge in [-0.15, -0.1) is 0 Å². The molecule has 0 unspecified atom stereocenters. The minimum atomic E-state index is -3.78. The molecule has 1 aliphatic rings. The van der Waals surface area contributed by atoms with Gasteiger partial charge in [-0.25, -0.2) is 18.1 Å². The number of carbonyl (C=O) groups excluding carboxylic acids is 1. The summed E-state index contributed by atoms with van der Waals surface area (Å²) in [5.41, 5.74) is 1.61. The van der Waals surface area contributed by atoms with Gasteiger partial charge in [-0.05, 0) is 42.0 Å². The molecule has 10 heteroatoms. The summed E-state index contributed by atoms with van der Waals surface area (Å²) < 4.78 is 27.4. The summed E-state index contributed by atoms with van der Waals surface area (Å²) in [7, 11) is -3.78. The number of hydrogen-bond donors (Lipinski definition) is 3. The lowest BCUT2D eigenvalue weighted by Crippen LogP contribution is -2.49. The Hall–Kier alpha value is -2.62. The van der Waals surface area contributed by atoms with E-state index in [1.807, 2.05) is 29.2 Å². The van der Waals surface area contributed by atoms with Gasteiger partial charge < -0.3 is 10.6 Å². The van der Waals surface area contributed by atoms with Crippen LogP contribution in [0.4, 0.5) is 5.69 Å². The molecule has 0 bridgehead atoms. The average molecular weight is 422 g/mol. The minimum Gasteiger partial charge on any atom is -0.343 e. The van der Waals surface area contributed by atoms with E-state index in [0.29, 0.717) is 30.6 Å². The number of nitrogens with one attached hydrogen (secondary N) is 3. The lowest BCUT2D eigenvalue weighted by atomic mass is 10.2. The molecule has 3 rings (SSSR count). The SMILES string of the molecule is CC(=O)Nc1ccc(S(=O)(=O)NC2=NCN(Cc3ccc(Cl)cc3)CN2)cc1. The van der Waals surface area contributed by atoms with Gasteiger partial charge in [0, 0.05) is 24.2 Å². The molecule has 2 aromatic rings. The van der Waals surface area contributed by atoms with Crippen molar-refractivity contribution in [1.82, 2.24) is 14.9 Å². The van der Waals surface area contributed by atoms with Gasteiger partial charge in [-0.3, -0.25) is 9.69 Å². The first kappa shape index (κ1) is 20.1. The van der Waals surface area contributed by atoms with Crippen molar-refractivity contribution in [1.29, 1.82) is 0 Å². The summed E-state index contributed by atoms with van der Waals surface area (Å²) in [5, 5.41) is 6.24. The van der Waals surface area contributed by atoms with Crippen LogP contribution < -0.4 is 15.4 Å². The van der Waals surface area contributed by atoms with E-state index in [1.165, 1.54) is 31.2 Å². The summed E-state index contributed by atoms with van der Waals surface area (Å²) in [6.45, 7) is 2.86. The zero-order chi connectivity index (χ0) is 20.1. The average Bonchev–Trinajstić information content (AvgIpc) is 2.65. The Balaban J connectivity index is 1.59. The van der Waals surface area contributed by atoms with Gasteiger partial charge in [-0.1, -0.05) is 23.7 Å². The molecule has 0 spiro atoms. The van der Waals surface area contributed by atoms with Crippen molar-refractivity contribution in [3.8, 4) is 0 Å². The number of amides is 1. The van der Waals surface area contributed by atoms with Crippen LogP contribution in [0.2, 0.25) is 5.02 Å². The molecule has 0 fully saturated rings. The number of guanidine groups is 1. The third kappa shape index (κ3) is 5.44. The third-order valence-corrected chi connectivity index (χ3v) is 5.54. The number of carbonyl (C=O) groups is 1. The van der Waals surface area contributed by atoms with Gasteiger partial charge in [0.25, 0.3) is 10.0 Å². The first-order chi connectivity index (χ1) is 13.3. The molecule has 0 aliphatic carbocycles. The molecule has 0 saturated heterocycles. The van der Waals surface area contributed by atoms with E-state index >= 15 is 0 Å². The Morgan fingerprint density at radius 1 is 1.18 bits per heavy atom. The molecule has 0 aromatic heterocycles. The van der Waals surface area contributed by atoms with E-state index < -0.39 is 10.0 Å². The van der Waals surface area contributed by atoms with Crippen molar-refractivity contribution in [2.45, 2.75) is 18.4 Å². The second kappa shape index (κ2) is 8.59. The fraction of sp³-hybridized carbons (Fsp3) is 0.222. The van der Waals surface area contributed by atoms with Crippen LogP contribution >= 0.6 is 11.6 Å². The zero-order valence-corrected chi connectivity index (χ0v) is 16.7. The van der Waals surface area contributed by atoms with Crippen molar-refractivity contribution in [2.75, 3.05) is 18.7 Å². The summed E-state index contributed by atoms with van der Waals surface area (Å²) in [6, 6.07) is 13.4. The highest BCUT2D eigenvalue weighted by atomic mass is 35.5. The number of aliphatic imine (C=N–C) groups is 1. The van der Waals surface area contributed by atoms with Crippen LogP contribution in [0.3, 0.4) is 0 Å². The van der Waals surface area contributed by atoms with Crippen LogP contribution in [0.25, 0.3) is 0 Å². The predicted octanol–water partition coefficient (Wildman–Crippen LogP) is 1.95. The molecule has 28 heavy (non-hydrogen) atoms. The zero-order valence-electron chi connectivity index (χ0n) is 15.1. The molecule has 0 radical (unpaired) electrons. The quantitative estimate of drug-likeness (QED) is 0.684. The molecular weight excluding hydrogens is 402 g/mol. The highest BCUT2D eigenvalue weighted by molar-refractivity contribution is 7.90. The van der Waals surface area contributed by atoms with Gasteiger partial charge in [0.15, 0.2) is 0 Å². The molecule has 1 amide bonds. The topological polar surface area (TPSA) is 103 Å². The third-order valence-electron chi connectivity index (χ3n) is 3.93. The van der Waals surface area contributed by atoms with Crippen LogP contribution in [-0.2, 0) is 21.4 Å². The maximum absolute atomic E-state index is 12.5. The minimum absolute atomic E-state index is 0.0784. The van der Waals surface area contributed by atoms with E-state index in [9.17, 15) is 13.2 Å². The molecular formula is C18H20ClN5O3S. The standard InChI is InChI=1S/C18H20ClN5O3S/c1-13(25)22-16-6-8-17(9-7-16)28(26,27)23-18-20-11-24(12-21-18)10-14-2-4-15(19)5-3-14/h2-9H,10-12H2,1H3,(H,22,25)(H2,20,21,23). The summed E-state index contributed by atoms with van der Waals surface area (Å²) in [4.78, 5) is 17.4. The normalized spacial score (nSPS) is 14.7. The van der Waals surface area contributed by atoms with Gasteiger partial charge in [-0.2, -0.15) is 0 Å². The molecule has 148 valence electrons. The van der Waals surface area contributed by atoms with Crippen LogP contribution in [0.1, 0.15) is 12.5 Å². The highest BCUT2D eigenvalue weighted by Crippen LogP contribution is 2.15. The fourth-order valence-electron chi connectivity index (χ4n) is 2.59. The van der Waals surface area contributed by atoms with Crippen LogP contribution in [0.15, 0.2) is 58.4 Å². The van der Waals surface area contributed by atoms with Crippen LogP contribution in [0.5, 0.6) is 0 Å². The Bertz CT molecular complexity index is 975. The molecule has 2 aromatic carbocycles. The number of nitrogens with zero attached hydrogens (tertiary/aromatic N) is 2. The summed E-state index contributed by atoms with van der Waals surface area (Å²) in [5.74, 6) is -0.0315.